The van der Waals surface area contributed by atoms with Gasteiger partial charge in [-0.3, -0.25) is 9.59 Å². The molecule has 0 aromatic carbocycles. The van der Waals surface area contributed by atoms with Gasteiger partial charge in [-0.15, -0.1) is 0 Å². The van der Waals surface area contributed by atoms with Gasteiger partial charge in [-0.1, -0.05) is 20.3 Å². The van der Waals surface area contributed by atoms with E-state index in [2.05, 4.69) is 10.6 Å². The number of carboxylic acids is 2. The maximum atomic E-state index is 11.1. The molecule has 4 atom stereocenters. The molecule has 138 valence electrons. The molecule has 9 heteroatoms. The first-order valence-corrected chi connectivity index (χ1v) is 9.16. The standard InChI is InChI=1S/C10H16N2O3S.C5H11NO2/c13-8(14)4-2-1-3-7-9-6(5-16-7)11-10(15)12-9;1-3(2)4(6)5(7)8/h6-7,9H,1-5H2,(H,13,14)(H2,11,12,15);3-4H,6H2,1-2H3,(H,7,8)/t6-,7-,9-;4-/m00/s1. The number of thioether (sulfide) groups is 1. The van der Waals surface area contributed by atoms with Gasteiger partial charge >= 0.3 is 18.0 Å². The Morgan fingerprint density at radius 1 is 1.29 bits per heavy atom. The summed E-state index contributed by atoms with van der Waals surface area (Å²) in [7, 11) is 0. The van der Waals surface area contributed by atoms with Crippen LogP contribution >= 0.6 is 11.8 Å². The molecule has 0 aliphatic carbocycles. The van der Waals surface area contributed by atoms with E-state index in [1.165, 1.54) is 0 Å². The van der Waals surface area contributed by atoms with E-state index in [4.69, 9.17) is 15.9 Å². The van der Waals surface area contributed by atoms with Gasteiger partial charge in [-0.05, 0) is 18.8 Å². The maximum absolute atomic E-state index is 11.1. The van der Waals surface area contributed by atoms with E-state index in [-0.39, 0.29) is 30.5 Å². The van der Waals surface area contributed by atoms with Crippen molar-refractivity contribution in [2.75, 3.05) is 5.75 Å². The molecule has 2 amide bonds. The Kier molecular flexibility index (Phi) is 8.34. The van der Waals surface area contributed by atoms with Crippen LogP contribution in [0.5, 0.6) is 0 Å². The number of hydrogen-bond donors (Lipinski definition) is 5. The number of carbonyl (C=O) groups is 3. The lowest BCUT2D eigenvalue weighted by atomic mass is 10.0. The molecule has 0 radical (unpaired) electrons. The molecule has 2 aliphatic heterocycles. The topological polar surface area (TPSA) is 142 Å². The lowest BCUT2D eigenvalue weighted by Gasteiger charge is -2.16. The zero-order valence-electron chi connectivity index (χ0n) is 14.0. The number of urea groups is 1. The molecule has 2 aliphatic rings. The highest BCUT2D eigenvalue weighted by molar-refractivity contribution is 8.00. The van der Waals surface area contributed by atoms with Gasteiger partial charge in [0.05, 0.1) is 12.1 Å². The molecular weight excluding hydrogens is 334 g/mol. The first-order valence-electron chi connectivity index (χ1n) is 8.11. The van der Waals surface area contributed by atoms with Gasteiger partial charge in [0.15, 0.2) is 0 Å². The first kappa shape index (κ1) is 20.6. The second-order valence-corrected chi connectivity index (χ2v) is 7.64. The smallest absolute Gasteiger partial charge is 0.320 e. The molecule has 2 fully saturated rings. The number of hydrogen-bond acceptors (Lipinski definition) is 5. The molecule has 2 saturated heterocycles. The highest BCUT2D eigenvalue weighted by atomic mass is 32.2. The van der Waals surface area contributed by atoms with Crippen LogP contribution < -0.4 is 16.4 Å². The summed E-state index contributed by atoms with van der Waals surface area (Å²) in [6.07, 6.45) is 2.88. The molecule has 0 saturated carbocycles. The Morgan fingerprint density at radius 3 is 2.46 bits per heavy atom. The van der Waals surface area contributed by atoms with Crippen molar-refractivity contribution in [2.24, 2.45) is 11.7 Å². The fourth-order valence-electron chi connectivity index (χ4n) is 2.55. The third-order valence-corrected chi connectivity index (χ3v) is 5.58. The second-order valence-electron chi connectivity index (χ2n) is 6.37. The van der Waals surface area contributed by atoms with Crippen LogP contribution in [0.3, 0.4) is 0 Å². The summed E-state index contributed by atoms with van der Waals surface area (Å²) >= 11 is 1.87. The number of carboxylic acid groups (broad SMARTS) is 2. The zero-order valence-corrected chi connectivity index (χ0v) is 14.8. The van der Waals surface area contributed by atoms with Crippen molar-refractivity contribution in [3.63, 3.8) is 0 Å². The molecule has 8 nitrogen and oxygen atoms in total. The Labute approximate surface area is 145 Å². The number of nitrogens with two attached hydrogens (primary N) is 1. The van der Waals surface area contributed by atoms with Crippen LogP contribution in [0, 0.1) is 5.92 Å². The van der Waals surface area contributed by atoms with Gasteiger partial charge in [-0.2, -0.15) is 11.8 Å². The summed E-state index contributed by atoms with van der Waals surface area (Å²) in [6, 6.07) is -0.273. The minimum Gasteiger partial charge on any atom is -0.481 e. The Morgan fingerprint density at radius 2 is 1.96 bits per heavy atom. The molecule has 2 rings (SSSR count). The summed E-state index contributed by atoms with van der Waals surface area (Å²) in [4.78, 5) is 31.5. The monoisotopic (exact) mass is 361 g/mol. The first-order chi connectivity index (χ1) is 11.2. The Balaban J connectivity index is 0.000000307. The van der Waals surface area contributed by atoms with E-state index in [0.29, 0.717) is 5.25 Å². The Bertz CT molecular complexity index is 460. The zero-order chi connectivity index (χ0) is 18.3. The predicted octanol–water partition coefficient (Wildman–Crippen LogP) is 0.851. The lowest BCUT2D eigenvalue weighted by molar-refractivity contribution is -0.139. The van der Waals surface area contributed by atoms with Gasteiger partial charge in [0.1, 0.15) is 6.04 Å². The van der Waals surface area contributed by atoms with Crippen LogP contribution in [0.2, 0.25) is 0 Å². The quantitative estimate of drug-likeness (QED) is 0.334. The van der Waals surface area contributed by atoms with Crippen molar-refractivity contribution < 1.29 is 24.6 Å². The van der Waals surface area contributed by atoms with Crippen molar-refractivity contribution in [1.29, 1.82) is 0 Å². The van der Waals surface area contributed by atoms with Crippen LogP contribution in [0.15, 0.2) is 0 Å². The third-order valence-electron chi connectivity index (χ3n) is 4.07. The number of amides is 2. The molecule has 0 unspecified atom stereocenters. The number of carbonyl (C=O) groups excluding carboxylic acids is 1. The molecule has 0 spiro atoms. The van der Waals surface area contributed by atoms with Crippen LogP contribution in [-0.2, 0) is 9.59 Å². The predicted molar refractivity (Wildman–Crippen MR) is 92.0 cm³/mol. The molecule has 0 aromatic rings. The molecular formula is C15H27N3O5S. The molecule has 24 heavy (non-hydrogen) atoms. The van der Waals surface area contributed by atoms with Crippen molar-refractivity contribution >= 4 is 29.7 Å². The molecule has 6 N–H and O–H groups in total. The van der Waals surface area contributed by atoms with E-state index in [1.807, 2.05) is 11.8 Å². The van der Waals surface area contributed by atoms with E-state index in [9.17, 15) is 14.4 Å². The van der Waals surface area contributed by atoms with Crippen LogP contribution in [0.1, 0.15) is 39.5 Å². The SMILES string of the molecule is CC(C)[C@H](N)C(=O)O.O=C(O)CCCC[C@@H]1SC[C@@H]2NC(=O)N[C@@H]21. The minimum absolute atomic E-state index is 0.0208. The van der Waals surface area contributed by atoms with Gasteiger partial charge in [0.25, 0.3) is 0 Å². The number of unbranched alkanes of at least 4 members (excludes halogenated alkanes) is 1. The highest BCUT2D eigenvalue weighted by Gasteiger charge is 2.42. The van der Waals surface area contributed by atoms with Gasteiger partial charge in [0, 0.05) is 17.4 Å². The normalized spacial score (nSPS) is 26.0. The fraction of sp³-hybridized carbons (Fsp3) is 0.800. The number of rotatable bonds is 7. The second kappa shape index (κ2) is 9.73. The summed E-state index contributed by atoms with van der Waals surface area (Å²) < 4.78 is 0. The van der Waals surface area contributed by atoms with Crippen molar-refractivity contribution in [2.45, 2.75) is 62.9 Å². The fourth-order valence-corrected chi connectivity index (χ4v) is 4.09. The van der Waals surface area contributed by atoms with E-state index in [0.717, 1.165) is 25.0 Å². The number of aliphatic carboxylic acids is 2. The van der Waals surface area contributed by atoms with Crippen LogP contribution in [-0.4, -0.2) is 57.3 Å². The third kappa shape index (κ3) is 6.56. The summed E-state index contributed by atoms with van der Waals surface area (Å²) in [5.41, 5.74) is 5.16. The van der Waals surface area contributed by atoms with Gasteiger partial charge in [0.2, 0.25) is 0 Å². The van der Waals surface area contributed by atoms with Crippen molar-refractivity contribution in [3.8, 4) is 0 Å². The average Bonchev–Trinajstić information content (AvgIpc) is 3.02. The highest BCUT2D eigenvalue weighted by Crippen LogP contribution is 2.33. The van der Waals surface area contributed by atoms with E-state index < -0.39 is 18.0 Å². The Hall–Kier alpha value is -1.48. The number of nitrogens with one attached hydrogen (secondary N) is 2. The summed E-state index contributed by atoms with van der Waals surface area (Å²) in [5.74, 6) is -0.673. The molecule has 0 bridgehead atoms. The minimum atomic E-state index is -0.931. The summed E-state index contributed by atoms with van der Waals surface area (Å²) in [6.45, 7) is 3.55. The van der Waals surface area contributed by atoms with E-state index >= 15 is 0 Å². The molecule has 2 heterocycles. The van der Waals surface area contributed by atoms with Crippen molar-refractivity contribution in [3.05, 3.63) is 0 Å². The van der Waals surface area contributed by atoms with Crippen molar-refractivity contribution in [1.82, 2.24) is 10.6 Å². The molecule has 0 aromatic heterocycles. The number of fused-ring (bicyclic) bond motifs is 1. The van der Waals surface area contributed by atoms with Gasteiger partial charge < -0.3 is 26.6 Å². The van der Waals surface area contributed by atoms with Crippen LogP contribution in [0.4, 0.5) is 4.79 Å². The largest absolute Gasteiger partial charge is 0.481 e. The maximum Gasteiger partial charge on any atom is 0.320 e. The summed E-state index contributed by atoms with van der Waals surface area (Å²) in [5, 5.41) is 23.0. The lowest BCUT2D eigenvalue weighted by Crippen LogP contribution is -2.36. The van der Waals surface area contributed by atoms with E-state index in [1.54, 1.807) is 13.8 Å². The van der Waals surface area contributed by atoms with Gasteiger partial charge in [-0.25, -0.2) is 4.79 Å². The average molecular weight is 361 g/mol. The van der Waals surface area contributed by atoms with Crippen LogP contribution in [0.25, 0.3) is 0 Å².